The maximum atomic E-state index is 11.1. The van der Waals surface area contributed by atoms with Gasteiger partial charge < -0.3 is 10.4 Å². The Balaban J connectivity index is 2.18. The standard InChI is InChI=1S/C9H13NO3/c1-5-2-9(3-5)4-6(11)10-7(9)8(12)13/h5,7H,2-4H2,1H3,(H,10,11)(H,12,13). The van der Waals surface area contributed by atoms with E-state index in [4.69, 9.17) is 5.11 Å². The van der Waals surface area contributed by atoms with Gasteiger partial charge >= 0.3 is 5.97 Å². The van der Waals surface area contributed by atoms with Crippen LogP contribution in [0.5, 0.6) is 0 Å². The molecule has 2 fully saturated rings. The molecule has 1 aliphatic carbocycles. The molecule has 0 aromatic carbocycles. The van der Waals surface area contributed by atoms with Crippen LogP contribution in [0.2, 0.25) is 0 Å². The predicted molar refractivity (Wildman–Crippen MR) is 45.0 cm³/mol. The molecule has 1 amide bonds. The molecule has 1 unspecified atom stereocenters. The number of carboxylic acids is 1. The highest BCUT2D eigenvalue weighted by molar-refractivity contribution is 5.89. The van der Waals surface area contributed by atoms with Gasteiger partial charge in [0, 0.05) is 11.8 Å². The summed E-state index contributed by atoms with van der Waals surface area (Å²) in [4.78, 5) is 21.9. The van der Waals surface area contributed by atoms with Gasteiger partial charge in [-0.3, -0.25) is 4.79 Å². The van der Waals surface area contributed by atoms with Crippen molar-refractivity contribution < 1.29 is 14.7 Å². The first kappa shape index (κ1) is 8.53. The molecule has 4 nitrogen and oxygen atoms in total. The predicted octanol–water partition coefficient (Wildman–Crippen LogP) is 0.376. The fourth-order valence-corrected chi connectivity index (χ4v) is 2.82. The van der Waals surface area contributed by atoms with Crippen molar-refractivity contribution in [3.05, 3.63) is 0 Å². The van der Waals surface area contributed by atoms with Crippen LogP contribution in [0, 0.1) is 11.3 Å². The van der Waals surface area contributed by atoms with Crippen molar-refractivity contribution in [3.63, 3.8) is 0 Å². The van der Waals surface area contributed by atoms with Gasteiger partial charge in [-0.1, -0.05) is 6.92 Å². The van der Waals surface area contributed by atoms with Gasteiger partial charge in [0.1, 0.15) is 6.04 Å². The van der Waals surface area contributed by atoms with Gasteiger partial charge in [0.15, 0.2) is 0 Å². The lowest BCUT2D eigenvalue weighted by atomic mass is 9.59. The Labute approximate surface area is 76.3 Å². The summed E-state index contributed by atoms with van der Waals surface area (Å²) in [5.74, 6) is -0.438. The Morgan fingerprint density at radius 2 is 2.23 bits per heavy atom. The largest absolute Gasteiger partial charge is 0.480 e. The van der Waals surface area contributed by atoms with Crippen molar-refractivity contribution in [2.45, 2.75) is 32.2 Å². The van der Waals surface area contributed by atoms with Crippen molar-refractivity contribution >= 4 is 11.9 Å². The average molecular weight is 183 g/mol. The third-order valence-corrected chi connectivity index (χ3v) is 3.19. The van der Waals surface area contributed by atoms with E-state index in [1.807, 2.05) is 0 Å². The molecular formula is C9H13NO3. The van der Waals surface area contributed by atoms with E-state index in [-0.39, 0.29) is 11.3 Å². The summed E-state index contributed by atoms with van der Waals surface area (Å²) in [6, 6.07) is -0.642. The van der Waals surface area contributed by atoms with Crippen LogP contribution in [0.25, 0.3) is 0 Å². The van der Waals surface area contributed by atoms with E-state index >= 15 is 0 Å². The van der Waals surface area contributed by atoms with E-state index in [0.717, 1.165) is 12.8 Å². The van der Waals surface area contributed by atoms with E-state index in [0.29, 0.717) is 12.3 Å². The minimum atomic E-state index is -0.891. The summed E-state index contributed by atoms with van der Waals surface area (Å²) in [5.41, 5.74) is -0.262. The SMILES string of the molecule is CC1CC2(CC(=O)NC2C(=O)O)C1. The van der Waals surface area contributed by atoms with E-state index in [9.17, 15) is 9.59 Å². The van der Waals surface area contributed by atoms with Crippen molar-refractivity contribution in [2.24, 2.45) is 11.3 Å². The molecule has 0 aromatic rings. The zero-order chi connectivity index (χ0) is 9.64. The summed E-state index contributed by atoms with van der Waals surface area (Å²) >= 11 is 0. The molecule has 1 spiro atoms. The summed E-state index contributed by atoms with van der Waals surface area (Å²) in [7, 11) is 0. The van der Waals surface area contributed by atoms with Crippen LogP contribution in [0.1, 0.15) is 26.2 Å². The third-order valence-electron chi connectivity index (χ3n) is 3.19. The second kappa shape index (κ2) is 2.47. The van der Waals surface area contributed by atoms with Crippen molar-refractivity contribution in [2.75, 3.05) is 0 Å². The fraction of sp³-hybridized carbons (Fsp3) is 0.778. The molecule has 0 radical (unpaired) electrons. The van der Waals surface area contributed by atoms with Crippen LogP contribution >= 0.6 is 0 Å². The molecule has 2 rings (SSSR count). The van der Waals surface area contributed by atoms with Gasteiger partial charge in [-0.15, -0.1) is 0 Å². The minimum Gasteiger partial charge on any atom is -0.480 e. The Hall–Kier alpha value is -1.06. The average Bonchev–Trinajstić information content (AvgIpc) is 2.26. The van der Waals surface area contributed by atoms with Crippen LogP contribution in [0.3, 0.4) is 0 Å². The molecule has 0 aromatic heterocycles. The maximum Gasteiger partial charge on any atom is 0.326 e. The van der Waals surface area contributed by atoms with E-state index in [1.54, 1.807) is 0 Å². The Morgan fingerprint density at radius 1 is 1.62 bits per heavy atom. The first-order valence-electron chi connectivity index (χ1n) is 4.56. The Bertz CT molecular complexity index is 268. The molecule has 2 N–H and O–H groups in total. The second-order valence-corrected chi connectivity index (χ2v) is 4.39. The lowest BCUT2D eigenvalue weighted by molar-refractivity contribution is -0.145. The van der Waals surface area contributed by atoms with Gasteiger partial charge in [0.25, 0.3) is 0 Å². The number of carbonyl (C=O) groups is 2. The smallest absolute Gasteiger partial charge is 0.326 e. The number of amides is 1. The Morgan fingerprint density at radius 3 is 2.69 bits per heavy atom. The van der Waals surface area contributed by atoms with Gasteiger partial charge in [0.05, 0.1) is 0 Å². The van der Waals surface area contributed by atoms with Crippen LogP contribution < -0.4 is 5.32 Å². The number of rotatable bonds is 1. The van der Waals surface area contributed by atoms with Crippen molar-refractivity contribution in [1.82, 2.24) is 5.32 Å². The Kier molecular flexibility index (Phi) is 1.62. The molecule has 1 atom stereocenters. The number of nitrogens with one attached hydrogen (secondary N) is 1. The maximum absolute atomic E-state index is 11.1. The highest BCUT2D eigenvalue weighted by atomic mass is 16.4. The van der Waals surface area contributed by atoms with Gasteiger partial charge in [-0.25, -0.2) is 4.79 Å². The number of aliphatic carboxylic acids is 1. The summed E-state index contributed by atoms with van der Waals surface area (Å²) in [6.45, 7) is 2.09. The van der Waals surface area contributed by atoms with Crippen LogP contribution in [-0.4, -0.2) is 23.0 Å². The topological polar surface area (TPSA) is 66.4 Å². The van der Waals surface area contributed by atoms with Crippen molar-refractivity contribution in [3.8, 4) is 0 Å². The van der Waals surface area contributed by atoms with E-state index < -0.39 is 12.0 Å². The zero-order valence-electron chi connectivity index (χ0n) is 7.54. The lowest BCUT2D eigenvalue weighted by Gasteiger charge is -2.45. The van der Waals surface area contributed by atoms with Gasteiger partial charge in [-0.2, -0.15) is 0 Å². The van der Waals surface area contributed by atoms with Crippen LogP contribution in [0.15, 0.2) is 0 Å². The molecule has 72 valence electrons. The highest BCUT2D eigenvalue weighted by Gasteiger charge is 2.56. The summed E-state index contributed by atoms with van der Waals surface area (Å²) in [5, 5.41) is 11.4. The number of hydrogen-bond acceptors (Lipinski definition) is 2. The molecule has 1 heterocycles. The first-order valence-corrected chi connectivity index (χ1v) is 4.56. The van der Waals surface area contributed by atoms with Gasteiger partial charge in [-0.05, 0) is 18.8 Å². The minimum absolute atomic E-state index is 0.112. The number of carbonyl (C=O) groups excluding carboxylic acids is 1. The summed E-state index contributed by atoms with van der Waals surface area (Å²) in [6.07, 6.45) is 2.12. The number of hydrogen-bond donors (Lipinski definition) is 2. The third kappa shape index (κ3) is 1.12. The van der Waals surface area contributed by atoms with Gasteiger partial charge in [0.2, 0.25) is 5.91 Å². The zero-order valence-corrected chi connectivity index (χ0v) is 7.54. The lowest BCUT2D eigenvalue weighted by Crippen LogP contribution is -2.50. The quantitative estimate of drug-likeness (QED) is 0.617. The molecule has 2 aliphatic rings. The molecule has 0 bridgehead atoms. The van der Waals surface area contributed by atoms with Crippen molar-refractivity contribution in [1.29, 1.82) is 0 Å². The molecular weight excluding hydrogens is 170 g/mol. The molecule has 1 saturated carbocycles. The molecule has 1 saturated heterocycles. The fourth-order valence-electron chi connectivity index (χ4n) is 2.82. The monoisotopic (exact) mass is 183 g/mol. The highest BCUT2D eigenvalue weighted by Crippen LogP contribution is 2.52. The summed E-state index contributed by atoms with van der Waals surface area (Å²) < 4.78 is 0. The molecule has 13 heavy (non-hydrogen) atoms. The normalized spacial score (nSPS) is 43.0. The first-order chi connectivity index (χ1) is 6.03. The molecule has 4 heteroatoms. The number of carboxylic acid groups (broad SMARTS) is 1. The van der Waals surface area contributed by atoms with Crippen LogP contribution in [0.4, 0.5) is 0 Å². The van der Waals surface area contributed by atoms with E-state index in [1.165, 1.54) is 0 Å². The van der Waals surface area contributed by atoms with Crippen LogP contribution in [-0.2, 0) is 9.59 Å². The molecule has 1 aliphatic heterocycles. The second-order valence-electron chi connectivity index (χ2n) is 4.39. The van der Waals surface area contributed by atoms with E-state index in [2.05, 4.69) is 12.2 Å².